The first kappa shape index (κ1) is 12.0. The fraction of sp³-hybridized carbons (Fsp3) is 0. The topological polar surface area (TPSA) is 89.1 Å². The van der Waals surface area contributed by atoms with Crippen molar-refractivity contribution in [3.63, 3.8) is 0 Å². The Morgan fingerprint density at radius 2 is 2.10 bits per heavy atom. The summed E-state index contributed by atoms with van der Waals surface area (Å²) in [6, 6.07) is 11.3. The van der Waals surface area contributed by atoms with Gasteiger partial charge in [0.2, 0.25) is 0 Å². The summed E-state index contributed by atoms with van der Waals surface area (Å²) < 4.78 is 0. The molecule has 0 saturated carbocycles. The number of benzene rings is 1. The van der Waals surface area contributed by atoms with Crippen molar-refractivity contribution in [1.82, 2.24) is 15.2 Å². The van der Waals surface area contributed by atoms with Crippen molar-refractivity contribution < 1.29 is 0 Å². The van der Waals surface area contributed by atoms with Gasteiger partial charge in [-0.1, -0.05) is 24.3 Å². The van der Waals surface area contributed by atoms with Gasteiger partial charge in [0, 0.05) is 22.7 Å². The number of hydrogen-bond donors (Lipinski definition) is 2. The molecule has 0 unspecified atom stereocenters. The number of hydrogen-bond acceptors (Lipinski definition) is 6. The van der Waals surface area contributed by atoms with E-state index in [0.29, 0.717) is 17.2 Å². The van der Waals surface area contributed by atoms with Crippen LogP contribution in [0.1, 0.15) is 5.69 Å². The Morgan fingerprint density at radius 3 is 3.00 bits per heavy atom. The molecule has 3 aromatic rings. The van der Waals surface area contributed by atoms with Gasteiger partial charge in [-0.2, -0.15) is 10.2 Å². The zero-order valence-corrected chi connectivity index (χ0v) is 10.6. The second kappa shape index (κ2) is 5.31. The molecule has 2 aromatic heterocycles. The first-order chi connectivity index (χ1) is 9.83. The molecule has 0 aliphatic rings. The smallest absolute Gasteiger partial charge is 0.176 e. The quantitative estimate of drug-likeness (QED) is 0.558. The number of nitrogen functional groups attached to an aromatic ring is 1. The van der Waals surface area contributed by atoms with Crippen LogP contribution < -0.4 is 11.2 Å². The second-order valence-electron chi connectivity index (χ2n) is 4.16. The molecule has 2 heterocycles. The van der Waals surface area contributed by atoms with Crippen molar-refractivity contribution in [3.05, 3.63) is 54.5 Å². The molecule has 98 valence electrons. The van der Waals surface area contributed by atoms with Gasteiger partial charge in [-0.25, -0.2) is 0 Å². The lowest BCUT2D eigenvalue weighted by atomic mass is 10.2. The van der Waals surface area contributed by atoms with E-state index in [2.05, 4.69) is 25.7 Å². The van der Waals surface area contributed by atoms with E-state index >= 15 is 0 Å². The highest BCUT2D eigenvalue weighted by Gasteiger charge is 2.00. The van der Waals surface area contributed by atoms with Crippen LogP contribution >= 0.6 is 0 Å². The van der Waals surface area contributed by atoms with Crippen LogP contribution in [0.5, 0.6) is 0 Å². The molecule has 0 aliphatic carbocycles. The van der Waals surface area contributed by atoms with Crippen LogP contribution in [0.25, 0.3) is 10.8 Å². The molecule has 6 nitrogen and oxygen atoms in total. The molecule has 3 N–H and O–H groups in total. The summed E-state index contributed by atoms with van der Waals surface area (Å²) in [6.45, 7) is 0. The maximum atomic E-state index is 5.67. The molecule has 1 aromatic carbocycles. The van der Waals surface area contributed by atoms with Crippen LogP contribution in [0, 0.1) is 0 Å². The summed E-state index contributed by atoms with van der Waals surface area (Å²) in [5.41, 5.74) is 9.86. The lowest BCUT2D eigenvalue weighted by molar-refractivity contribution is 1.04. The van der Waals surface area contributed by atoms with Crippen LogP contribution in [0.15, 0.2) is 53.9 Å². The van der Waals surface area contributed by atoms with Gasteiger partial charge in [-0.15, -0.1) is 5.10 Å². The van der Waals surface area contributed by atoms with Crippen LogP contribution in [0.3, 0.4) is 0 Å². The van der Waals surface area contributed by atoms with Gasteiger partial charge in [0.25, 0.3) is 0 Å². The Morgan fingerprint density at radius 1 is 1.20 bits per heavy atom. The number of aromatic nitrogens is 3. The molecular weight excluding hydrogens is 252 g/mol. The highest BCUT2D eigenvalue weighted by atomic mass is 15.3. The molecule has 6 heteroatoms. The molecule has 0 bridgehead atoms. The average Bonchev–Trinajstić information content (AvgIpc) is 2.48. The van der Waals surface area contributed by atoms with E-state index in [1.807, 2.05) is 24.3 Å². The average molecular weight is 264 g/mol. The van der Waals surface area contributed by atoms with Crippen molar-refractivity contribution in [3.8, 4) is 0 Å². The summed E-state index contributed by atoms with van der Waals surface area (Å²) in [5, 5.41) is 14.0. The monoisotopic (exact) mass is 264 g/mol. The third-order valence-electron chi connectivity index (χ3n) is 2.74. The number of nitrogens with zero attached hydrogens (tertiary/aromatic N) is 4. The maximum absolute atomic E-state index is 5.67. The van der Waals surface area contributed by atoms with Crippen LogP contribution in [-0.2, 0) is 0 Å². The highest BCUT2D eigenvalue weighted by molar-refractivity contribution is 5.91. The summed E-state index contributed by atoms with van der Waals surface area (Å²) >= 11 is 0. The number of nitrogens with two attached hydrogens (primary N) is 1. The summed E-state index contributed by atoms with van der Waals surface area (Å²) in [4.78, 5) is 4.13. The van der Waals surface area contributed by atoms with E-state index in [9.17, 15) is 0 Å². The molecule has 0 radical (unpaired) electrons. The number of nitrogens with one attached hydrogen (secondary N) is 1. The van der Waals surface area contributed by atoms with Gasteiger partial charge in [0.15, 0.2) is 5.82 Å². The minimum Gasteiger partial charge on any atom is -0.399 e. The van der Waals surface area contributed by atoms with Crippen LogP contribution in [0.2, 0.25) is 0 Å². The Hall–Kier alpha value is -3.02. The van der Waals surface area contributed by atoms with Gasteiger partial charge >= 0.3 is 0 Å². The van der Waals surface area contributed by atoms with Gasteiger partial charge < -0.3 is 5.73 Å². The molecule has 0 aliphatic heterocycles. The predicted molar refractivity (Wildman–Crippen MR) is 79.4 cm³/mol. The summed E-state index contributed by atoms with van der Waals surface area (Å²) in [7, 11) is 0. The molecule has 3 rings (SSSR count). The molecular formula is C14H12N6. The minimum atomic E-state index is 0.600. The SMILES string of the molecule is Nc1ccnc(C=NNc2nncc3ccccc23)c1. The van der Waals surface area contributed by atoms with Gasteiger partial charge in [-0.3, -0.25) is 10.4 Å². The largest absolute Gasteiger partial charge is 0.399 e. The van der Waals surface area contributed by atoms with Crippen molar-refractivity contribution in [2.75, 3.05) is 11.2 Å². The number of anilines is 2. The van der Waals surface area contributed by atoms with E-state index in [4.69, 9.17) is 5.73 Å². The summed E-state index contributed by atoms with van der Waals surface area (Å²) in [6.07, 6.45) is 4.93. The molecule has 0 atom stereocenters. The van der Waals surface area contributed by atoms with Crippen LogP contribution in [-0.4, -0.2) is 21.4 Å². The number of pyridine rings is 1. The van der Waals surface area contributed by atoms with E-state index in [-0.39, 0.29) is 0 Å². The fourth-order valence-corrected chi connectivity index (χ4v) is 1.81. The Bertz CT molecular complexity index is 763. The first-order valence-corrected chi connectivity index (χ1v) is 6.04. The van der Waals surface area contributed by atoms with Crippen molar-refractivity contribution in [2.24, 2.45) is 5.10 Å². The normalized spacial score (nSPS) is 11.0. The zero-order chi connectivity index (χ0) is 13.8. The van der Waals surface area contributed by atoms with Gasteiger partial charge in [0.05, 0.1) is 18.1 Å². The molecule has 0 amide bonds. The Balaban J connectivity index is 1.84. The van der Waals surface area contributed by atoms with Gasteiger partial charge in [0.1, 0.15) is 0 Å². The fourth-order valence-electron chi connectivity index (χ4n) is 1.81. The van der Waals surface area contributed by atoms with Crippen molar-refractivity contribution >= 4 is 28.5 Å². The van der Waals surface area contributed by atoms with E-state index < -0.39 is 0 Å². The number of fused-ring (bicyclic) bond motifs is 1. The standard InChI is InChI=1S/C14H12N6/c15-11-5-6-16-12(7-11)9-18-20-14-13-4-2-1-3-10(13)8-17-19-14/h1-9H,(H2,15,16)(H,19,20). The predicted octanol–water partition coefficient (Wildman–Crippen LogP) is 2.05. The number of hydrazone groups is 1. The first-order valence-electron chi connectivity index (χ1n) is 6.04. The summed E-state index contributed by atoms with van der Waals surface area (Å²) in [5.74, 6) is 0.600. The molecule has 0 fully saturated rings. The third-order valence-corrected chi connectivity index (χ3v) is 2.74. The minimum absolute atomic E-state index is 0.600. The van der Waals surface area contributed by atoms with Crippen molar-refractivity contribution in [2.45, 2.75) is 0 Å². The lowest BCUT2D eigenvalue weighted by Crippen LogP contribution is -1.97. The van der Waals surface area contributed by atoms with Gasteiger partial charge in [-0.05, 0) is 12.1 Å². The highest BCUT2D eigenvalue weighted by Crippen LogP contribution is 2.18. The second-order valence-corrected chi connectivity index (χ2v) is 4.16. The van der Waals surface area contributed by atoms with Crippen molar-refractivity contribution in [1.29, 1.82) is 0 Å². The van der Waals surface area contributed by atoms with E-state index in [0.717, 1.165) is 10.8 Å². The zero-order valence-electron chi connectivity index (χ0n) is 10.6. The lowest BCUT2D eigenvalue weighted by Gasteiger charge is -2.02. The Labute approximate surface area is 115 Å². The van der Waals surface area contributed by atoms with E-state index in [1.54, 1.807) is 30.7 Å². The van der Waals surface area contributed by atoms with Crippen LogP contribution in [0.4, 0.5) is 11.5 Å². The van der Waals surface area contributed by atoms with E-state index in [1.165, 1.54) is 0 Å². The molecule has 0 saturated heterocycles. The molecule has 0 spiro atoms. The number of rotatable bonds is 3. The third kappa shape index (κ3) is 2.54. The molecule has 20 heavy (non-hydrogen) atoms. The maximum Gasteiger partial charge on any atom is 0.176 e. The Kier molecular flexibility index (Phi) is 3.20.